The molecule has 162 valence electrons. The van der Waals surface area contributed by atoms with Crippen molar-refractivity contribution >= 4 is 23.5 Å². The molecule has 0 aliphatic rings. The molecule has 3 rings (SSSR count). The molecule has 1 atom stereocenters. The molecular weight excluding hydrogens is 400 g/mol. The summed E-state index contributed by atoms with van der Waals surface area (Å²) in [5.41, 5.74) is 1.65. The van der Waals surface area contributed by atoms with Gasteiger partial charge in [0.25, 0.3) is 11.8 Å². The fourth-order valence-electron chi connectivity index (χ4n) is 2.87. The third-order valence-electron chi connectivity index (χ3n) is 4.71. The van der Waals surface area contributed by atoms with Gasteiger partial charge in [0.05, 0.1) is 17.4 Å². The van der Waals surface area contributed by atoms with E-state index in [0.29, 0.717) is 19.5 Å². The van der Waals surface area contributed by atoms with E-state index in [9.17, 15) is 14.4 Å². The molecule has 0 fully saturated rings. The SMILES string of the molecule is CCn1cc(NC(=O)c2cnn(C(C)C(=O)O)c2)c(C(=O)NCCc2ccccc2)n1. The molecule has 0 aliphatic carbocycles. The first-order chi connectivity index (χ1) is 14.9. The minimum atomic E-state index is -1.06. The summed E-state index contributed by atoms with van der Waals surface area (Å²) in [5.74, 6) is -1.97. The third-order valence-corrected chi connectivity index (χ3v) is 4.71. The van der Waals surface area contributed by atoms with Crippen molar-refractivity contribution in [3.8, 4) is 0 Å². The average Bonchev–Trinajstić information content (AvgIpc) is 3.41. The summed E-state index contributed by atoms with van der Waals surface area (Å²) in [4.78, 5) is 36.3. The van der Waals surface area contributed by atoms with Crippen molar-refractivity contribution in [3.05, 3.63) is 65.7 Å². The number of nitrogens with zero attached hydrogens (tertiary/aromatic N) is 4. The minimum absolute atomic E-state index is 0.106. The third kappa shape index (κ3) is 5.35. The predicted octanol–water partition coefficient (Wildman–Crippen LogP) is 1.97. The average molecular weight is 424 g/mol. The smallest absolute Gasteiger partial charge is 0.328 e. The van der Waals surface area contributed by atoms with Crippen LogP contribution in [0.15, 0.2) is 48.9 Å². The standard InChI is InChI=1S/C21H24N6O4/c1-3-26-13-17(24-19(28)16-11-23-27(12-16)14(2)21(30)31)18(25-26)20(29)22-10-9-15-7-5-4-6-8-15/h4-8,11-14H,3,9-10H2,1-2H3,(H,22,29)(H,24,28)(H,30,31). The number of amides is 2. The van der Waals surface area contributed by atoms with Crippen LogP contribution in [0.1, 0.15) is 46.3 Å². The topological polar surface area (TPSA) is 131 Å². The fraction of sp³-hybridized carbons (Fsp3) is 0.286. The molecule has 0 saturated heterocycles. The van der Waals surface area contributed by atoms with Crippen molar-refractivity contribution in [2.45, 2.75) is 32.9 Å². The summed E-state index contributed by atoms with van der Waals surface area (Å²) in [6.45, 7) is 4.27. The zero-order chi connectivity index (χ0) is 22.4. The summed E-state index contributed by atoms with van der Waals surface area (Å²) >= 11 is 0. The summed E-state index contributed by atoms with van der Waals surface area (Å²) in [7, 11) is 0. The van der Waals surface area contributed by atoms with Crippen LogP contribution in [0.5, 0.6) is 0 Å². The van der Waals surface area contributed by atoms with Gasteiger partial charge in [0.1, 0.15) is 6.04 Å². The van der Waals surface area contributed by atoms with E-state index in [1.54, 1.807) is 10.9 Å². The van der Waals surface area contributed by atoms with E-state index in [4.69, 9.17) is 5.11 Å². The number of aryl methyl sites for hydroxylation is 1. The molecule has 10 nitrogen and oxygen atoms in total. The maximum atomic E-state index is 12.7. The van der Waals surface area contributed by atoms with E-state index in [1.807, 2.05) is 37.3 Å². The molecule has 1 unspecified atom stereocenters. The Morgan fingerprint density at radius 2 is 1.87 bits per heavy atom. The number of aliphatic carboxylic acids is 1. The Hall–Kier alpha value is -3.95. The number of nitrogens with one attached hydrogen (secondary N) is 2. The molecule has 2 amide bonds. The van der Waals surface area contributed by atoms with Crippen LogP contribution in [0.25, 0.3) is 0 Å². The molecule has 31 heavy (non-hydrogen) atoms. The van der Waals surface area contributed by atoms with Gasteiger partial charge >= 0.3 is 5.97 Å². The normalized spacial score (nSPS) is 11.7. The lowest BCUT2D eigenvalue weighted by Crippen LogP contribution is -2.27. The number of carboxylic acids is 1. The van der Waals surface area contributed by atoms with Crippen molar-refractivity contribution in [2.24, 2.45) is 0 Å². The highest BCUT2D eigenvalue weighted by Crippen LogP contribution is 2.16. The van der Waals surface area contributed by atoms with Crippen LogP contribution in [0, 0.1) is 0 Å². The van der Waals surface area contributed by atoms with Gasteiger partial charge in [-0.05, 0) is 25.8 Å². The highest BCUT2D eigenvalue weighted by atomic mass is 16.4. The van der Waals surface area contributed by atoms with Crippen LogP contribution < -0.4 is 10.6 Å². The number of carbonyl (C=O) groups is 3. The Morgan fingerprint density at radius 3 is 2.55 bits per heavy atom. The molecule has 10 heteroatoms. The highest BCUT2D eigenvalue weighted by molar-refractivity contribution is 6.08. The van der Waals surface area contributed by atoms with Crippen LogP contribution in [0.4, 0.5) is 5.69 Å². The number of carboxylic acid groups (broad SMARTS) is 1. The molecular formula is C21H24N6O4. The van der Waals surface area contributed by atoms with Gasteiger partial charge in [-0.15, -0.1) is 0 Å². The molecule has 1 aromatic carbocycles. The largest absolute Gasteiger partial charge is 0.480 e. The van der Waals surface area contributed by atoms with Crippen molar-refractivity contribution in [1.82, 2.24) is 24.9 Å². The van der Waals surface area contributed by atoms with Gasteiger partial charge in [-0.3, -0.25) is 19.0 Å². The number of rotatable bonds is 9. The van der Waals surface area contributed by atoms with Gasteiger partial charge in [-0.25, -0.2) is 4.79 Å². The van der Waals surface area contributed by atoms with E-state index in [0.717, 1.165) is 5.56 Å². The van der Waals surface area contributed by atoms with Crippen LogP contribution in [0.3, 0.4) is 0 Å². The molecule has 3 N–H and O–H groups in total. The summed E-state index contributed by atoms with van der Waals surface area (Å²) in [5, 5.41) is 22.7. The molecule has 2 heterocycles. The number of hydrogen-bond acceptors (Lipinski definition) is 5. The van der Waals surface area contributed by atoms with Crippen LogP contribution in [0.2, 0.25) is 0 Å². The van der Waals surface area contributed by atoms with E-state index < -0.39 is 23.8 Å². The Kier molecular flexibility index (Phi) is 6.81. The number of anilines is 1. The predicted molar refractivity (Wildman–Crippen MR) is 113 cm³/mol. The number of carbonyl (C=O) groups excluding carboxylic acids is 2. The zero-order valence-corrected chi connectivity index (χ0v) is 17.3. The molecule has 3 aromatic rings. The lowest BCUT2D eigenvalue weighted by Gasteiger charge is -2.07. The molecule has 0 spiro atoms. The van der Waals surface area contributed by atoms with E-state index in [1.165, 1.54) is 24.0 Å². The molecule has 0 radical (unpaired) electrons. The second-order valence-electron chi connectivity index (χ2n) is 6.92. The second kappa shape index (κ2) is 9.70. The molecule has 0 aliphatic heterocycles. The quantitative estimate of drug-likeness (QED) is 0.481. The van der Waals surface area contributed by atoms with Gasteiger partial charge in [0, 0.05) is 25.5 Å². The Balaban J connectivity index is 1.68. The maximum Gasteiger partial charge on any atom is 0.328 e. The highest BCUT2D eigenvalue weighted by Gasteiger charge is 2.21. The first kappa shape index (κ1) is 21.8. The first-order valence-electron chi connectivity index (χ1n) is 9.87. The van der Waals surface area contributed by atoms with Crippen molar-refractivity contribution in [3.63, 3.8) is 0 Å². The van der Waals surface area contributed by atoms with Gasteiger partial charge in [-0.1, -0.05) is 30.3 Å². The Bertz CT molecular complexity index is 1070. The van der Waals surface area contributed by atoms with E-state index >= 15 is 0 Å². The minimum Gasteiger partial charge on any atom is -0.480 e. The number of hydrogen-bond donors (Lipinski definition) is 3. The van der Waals surface area contributed by atoms with Crippen LogP contribution in [-0.2, 0) is 17.8 Å². The molecule has 0 saturated carbocycles. The monoisotopic (exact) mass is 424 g/mol. The van der Waals surface area contributed by atoms with E-state index in [2.05, 4.69) is 20.8 Å². The van der Waals surface area contributed by atoms with Crippen LogP contribution >= 0.6 is 0 Å². The lowest BCUT2D eigenvalue weighted by molar-refractivity contribution is -0.140. The van der Waals surface area contributed by atoms with Crippen LogP contribution in [-0.4, -0.2) is 49.0 Å². The Labute approximate surface area is 178 Å². The summed E-state index contributed by atoms with van der Waals surface area (Å²) in [6, 6.07) is 8.86. The second-order valence-corrected chi connectivity index (χ2v) is 6.92. The van der Waals surface area contributed by atoms with Crippen molar-refractivity contribution in [2.75, 3.05) is 11.9 Å². The lowest BCUT2D eigenvalue weighted by atomic mass is 10.1. The van der Waals surface area contributed by atoms with E-state index in [-0.39, 0.29) is 16.9 Å². The van der Waals surface area contributed by atoms with Gasteiger partial charge in [0.15, 0.2) is 5.69 Å². The van der Waals surface area contributed by atoms with Gasteiger partial charge in [0.2, 0.25) is 0 Å². The van der Waals surface area contributed by atoms with Gasteiger partial charge in [-0.2, -0.15) is 10.2 Å². The fourth-order valence-corrected chi connectivity index (χ4v) is 2.87. The van der Waals surface area contributed by atoms with Gasteiger partial charge < -0.3 is 15.7 Å². The summed E-state index contributed by atoms with van der Waals surface area (Å²) < 4.78 is 2.74. The molecule has 2 aromatic heterocycles. The maximum absolute atomic E-state index is 12.7. The van der Waals surface area contributed by atoms with Crippen molar-refractivity contribution in [1.29, 1.82) is 0 Å². The first-order valence-corrected chi connectivity index (χ1v) is 9.87. The Morgan fingerprint density at radius 1 is 1.13 bits per heavy atom. The number of aromatic nitrogens is 4. The van der Waals surface area contributed by atoms with Crippen molar-refractivity contribution < 1.29 is 19.5 Å². The summed E-state index contributed by atoms with van der Waals surface area (Å²) in [6.07, 6.45) is 4.87. The molecule has 0 bridgehead atoms. The zero-order valence-electron chi connectivity index (χ0n) is 17.3. The number of benzene rings is 1.